The van der Waals surface area contributed by atoms with Gasteiger partial charge in [-0.1, -0.05) is 88.4 Å². The molecule has 4 nitrogen and oxygen atoms in total. The van der Waals surface area contributed by atoms with Gasteiger partial charge in [0.15, 0.2) is 0 Å². The van der Waals surface area contributed by atoms with Gasteiger partial charge < -0.3 is 9.16 Å². The molecule has 2 aromatic carbocycles. The van der Waals surface area contributed by atoms with Crippen molar-refractivity contribution in [1.29, 1.82) is 5.26 Å². The summed E-state index contributed by atoms with van der Waals surface area (Å²) in [4.78, 5) is 11.9. The molecule has 1 unspecified atom stereocenters. The van der Waals surface area contributed by atoms with Crippen LogP contribution in [0.15, 0.2) is 60.7 Å². The second-order valence-corrected chi connectivity index (χ2v) is 13.6. The molecular weight excluding hydrogens is 414 g/mol. The minimum absolute atomic E-state index is 0.109. The highest BCUT2D eigenvalue weighted by molar-refractivity contribution is 6.99. The van der Waals surface area contributed by atoms with Crippen molar-refractivity contribution in [3.8, 4) is 6.07 Å². The lowest BCUT2D eigenvalue weighted by atomic mass is 9.79. The van der Waals surface area contributed by atoms with E-state index in [1.165, 1.54) is 10.4 Å². The minimum atomic E-state index is -2.63. The largest absolute Gasteiger partial charge is 0.466 e. The average molecular weight is 452 g/mol. The number of rotatable bonds is 11. The van der Waals surface area contributed by atoms with Crippen molar-refractivity contribution in [3.05, 3.63) is 60.7 Å². The van der Waals surface area contributed by atoms with Crippen molar-refractivity contribution in [1.82, 2.24) is 0 Å². The first-order chi connectivity index (χ1) is 15.2. The normalized spacial score (nSPS) is 13.8. The van der Waals surface area contributed by atoms with Gasteiger partial charge in [-0.05, 0) is 41.6 Å². The summed E-state index contributed by atoms with van der Waals surface area (Å²) in [5.41, 5.74) is -0.599. The fraction of sp³-hybridized carbons (Fsp3) is 0.481. The van der Waals surface area contributed by atoms with Crippen LogP contribution in [-0.4, -0.2) is 27.5 Å². The van der Waals surface area contributed by atoms with Gasteiger partial charge in [0.1, 0.15) is 0 Å². The molecule has 1 atom stereocenters. The summed E-state index contributed by atoms with van der Waals surface area (Å²) >= 11 is 0. The van der Waals surface area contributed by atoms with E-state index in [4.69, 9.17) is 9.16 Å². The summed E-state index contributed by atoms with van der Waals surface area (Å²) in [5, 5.41) is 12.3. The number of benzene rings is 2. The second kappa shape index (κ2) is 11.4. The van der Waals surface area contributed by atoms with Crippen molar-refractivity contribution in [3.63, 3.8) is 0 Å². The SMILES string of the molecule is CCOC(=O)CCC(C#N)(CC)CCO[Si](c1ccccc1)(c1ccccc1)C(C)(C)C. The zero-order valence-electron chi connectivity index (χ0n) is 20.2. The second-order valence-electron chi connectivity index (χ2n) is 9.31. The fourth-order valence-electron chi connectivity index (χ4n) is 4.40. The Morgan fingerprint density at radius 3 is 1.88 bits per heavy atom. The first-order valence-electron chi connectivity index (χ1n) is 11.6. The molecule has 0 saturated carbocycles. The highest BCUT2D eigenvalue weighted by atomic mass is 28.4. The Morgan fingerprint density at radius 2 is 1.47 bits per heavy atom. The Kier molecular flexibility index (Phi) is 9.24. The number of carbonyl (C=O) groups is 1. The molecule has 0 heterocycles. The van der Waals surface area contributed by atoms with E-state index in [2.05, 4.69) is 75.4 Å². The summed E-state index contributed by atoms with van der Waals surface area (Å²) in [7, 11) is -2.63. The Bertz CT molecular complexity index is 847. The number of hydrogen-bond acceptors (Lipinski definition) is 4. The average Bonchev–Trinajstić information content (AvgIpc) is 2.79. The van der Waals surface area contributed by atoms with E-state index in [-0.39, 0.29) is 17.4 Å². The molecule has 5 heteroatoms. The van der Waals surface area contributed by atoms with Gasteiger partial charge >= 0.3 is 5.97 Å². The molecule has 0 spiro atoms. The molecule has 0 saturated heterocycles. The Labute approximate surface area is 194 Å². The van der Waals surface area contributed by atoms with Gasteiger partial charge in [0.25, 0.3) is 8.32 Å². The van der Waals surface area contributed by atoms with Gasteiger partial charge in [0.2, 0.25) is 0 Å². The van der Waals surface area contributed by atoms with Crippen LogP contribution in [0.1, 0.15) is 60.3 Å². The van der Waals surface area contributed by atoms with Crippen molar-refractivity contribution >= 4 is 24.7 Å². The lowest BCUT2D eigenvalue weighted by Gasteiger charge is -2.43. The maximum atomic E-state index is 11.9. The molecule has 0 bridgehead atoms. The lowest BCUT2D eigenvalue weighted by molar-refractivity contribution is -0.143. The standard InChI is InChI=1S/C27H37NO3Si/c1-6-27(22-28,19-18-25(29)30-7-2)20-21-31-32(26(3,4)5,23-14-10-8-11-15-23)24-16-12-9-13-17-24/h8-17H,6-7,18-21H2,1-5H3. The first-order valence-corrected chi connectivity index (χ1v) is 13.5. The number of nitrogens with zero attached hydrogens (tertiary/aromatic N) is 1. The third-order valence-corrected chi connectivity index (χ3v) is 11.4. The monoisotopic (exact) mass is 451 g/mol. The number of carbonyl (C=O) groups excluding carboxylic acids is 1. The van der Waals surface area contributed by atoms with Crippen LogP contribution in [0.25, 0.3) is 0 Å². The topological polar surface area (TPSA) is 59.3 Å². The zero-order chi connectivity index (χ0) is 23.7. The van der Waals surface area contributed by atoms with Crippen LogP contribution in [0, 0.1) is 16.7 Å². The smallest absolute Gasteiger partial charge is 0.305 e. The molecular formula is C27H37NO3Si. The first kappa shape index (κ1) is 25.8. The molecule has 0 fully saturated rings. The van der Waals surface area contributed by atoms with Crippen molar-refractivity contribution in [2.45, 2.75) is 65.3 Å². The summed E-state index contributed by atoms with van der Waals surface area (Å²) in [6.07, 6.45) is 2.01. The third kappa shape index (κ3) is 5.88. The van der Waals surface area contributed by atoms with Gasteiger partial charge in [-0.2, -0.15) is 5.26 Å². The molecule has 0 amide bonds. The van der Waals surface area contributed by atoms with Crippen LogP contribution in [0.3, 0.4) is 0 Å². The Balaban J connectivity index is 2.34. The van der Waals surface area contributed by atoms with Gasteiger partial charge in [-0.3, -0.25) is 4.79 Å². The fourth-order valence-corrected chi connectivity index (χ4v) is 8.97. The van der Waals surface area contributed by atoms with Crippen LogP contribution in [0.2, 0.25) is 5.04 Å². The van der Waals surface area contributed by atoms with Gasteiger partial charge in [-0.25, -0.2) is 0 Å². The highest BCUT2D eigenvalue weighted by Gasteiger charge is 2.50. The number of esters is 1. The molecule has 0 aliphatic carbocycles. The maximum absolute atomic E-state index is 11.9. The highest BCUT2D eigenvalue weighted by Crippen LogP contribution is 2.38. The van der Waals surface area contributed by atoms with Crippen LogP contribution in [-0.2, 0) is 14.0 Å². The third-order valence-electron chi connectivity index (χ3n) is 6.34. The van der Waals surface area contributed by atoms with E-state index in [1.807, 2.05) is 19.1 Å². The zero-order valence-corrected chi connectivity index (χ0v) is 21.2. The molecule has 172 valence electrons. The molecule has 0 N–H and O–H groups in total. The minimum Gasteiger partial charge on any atom is -0.466 e. The molecule has 32 heavy (non-hydrogen) atoms. The number of ether oxygens (including phenoxy) is 1. The van der Waals surface area contributed by atoms with Crippen molar-refractivity contribution < 1.29 is 14.0 Å². The molecule has 0 aromatic heterocycles. The van der Waals surface area contributed by atoms with E-state index in [9.17, 15) is 10.1 Å². The molecule has 0 aliphatic heterocycles. The van der Waals surface area contributed by atoms with E-state index in [0.717, 1.165) is 0 Å². The van der Waals surface area contributed by atoms with Crippen molar-refractivity contribution in [2.24, 2.45) is 5.41 Å². The molecule has 0 radical (unpaired) electrons. The quantitative estimate of drug-likeness (QED) is 0.347. The van der Waals surface area contributed by atoms with Crippen LogP contribution in [0.5, 0.6) is 0 Å². The molecule has 0 aliphatic rings. The van der Waals surface area contributed by atoms with Gasteiger partial charge in [-0.15, -0.1) is 0 Å². The Morgan fingerprint density at radius 1 is 0.938 bits per heavy atom. The van der Waals surface area contributed by atoms with Gasteiger partial charge in [0, 0.05) is 13.0 Å². The maximum Gasteiger partial charge on any atom is 0.305 e. The molecule has 2 aromatic rings. The summed E-state index contributed by atoms with van der Waals surface area (Å²) in [5.74, 6) is -0.242. The van der Waals surface area contributed by atoms with Gasteiger partial charge in [0.05, 0.1) is 18.1 Å². The van der Waals surface area contributed by atoms with Crippen LogP contribution in [0.4, 0.5) is 0 Å². The number of hydrogen-bond donors (Lipinski definition) is 0. The van der Waals surface area contributed by atoms with E-state index in [1.54, 1.807) is 6.92 Å². The molecule has 2 rings (SSSR count). The van der Waals surface area contributed by atoms with E-state index in [0.29, 0.717) is 32.5 Å². The Hall–Kier alpha value is -2.42. The predicted octanol–water partition coefficient (Wildman–Crippen LogP) is 5.22. The van der Waals surface area contributed by atoms with Crippen LogP contribution < -0.4 is 10.4 Å². The lowest BCUT2D eigenvalue weighted by Crippen LogP contribution is -2.66. The number of nitriles is 1. The van der Waals surface area contributed by atoms with Crippen LogP contribution >= 0.6 is 0 Å². The summed E-state index contributed by atoms with van der Waals surface area (Å²) in [6, 6.07) is 23.5. The predicted molar refractivity (Wildman–Crippen MR) is 132 cm³/mol. The summed E-state index contributed by atoms with van der Waals surface area (Å²) < 4.78 is 12.0. The van der Waals surface area contributed by atoms with Crippen molar-refractivity contribution in [2.75, 3.05) is 13.2 Å². The summed E-state index contributed by atoms with van der Waals surface area (Å²) in [6.45, 7) is 11.4. The van der Waals surface area contributed by atoms with E-state index < -0.39 is 13.7 Å². The van der Waals surface area contributed by atoms with E-state index >= 15 is 0 Å².